The lowest BCUT2D eigenvalue weighted by atomic mass is 9.96. The van der Waals surface area contributed by atoms with Gasteiger partial charge in [0.05, 0.1) is 0 Å². The van der Waals surface area contributed by atoms with Crippen LogP contribution in [0, 0.1) is 13.8 Å². The molecule has 1 saturated carbocycles. The van der Waals surface area contributed by atoms with Gasteiger partial charge in [-0.25, -0.2) is 4.79 Å². The minimum absolute atomic E-state index is 0.165. The summed E-state index contributed by atoms with van der Waals surface area (Å²) in [6.45, 7) is 3.76. The number of aryl methyl sites for hydroxylation is 2. The van der Waals surface area contributed by atoms with Crippen LogP contribution in [0.25, 0.3) is 0 Å². The van der Waals surface area contributed by atoms with E-state index in [4.69, 9.17) is 4.74 Å². The summed E-state index contributed by atoms with van der Waals surface area (Å²) in [5.41, 5.74) is 2.11. The van der Waals surface area contributed by atoms with Gasteiger partial charge in [0, 0.05) is 6.04 Å². The molecule has 0 bridgehead atoms. The predicted octanol–water partition coefficient (Wildman–Crippen LogP) is 2.84. The monoisotopic (exact) mass is 304 g/mol. The fourth-order valence-electron chi connectivity index (χ4n) is 2.74. The Bertz CT molecular complexity index is 537. The number of benzene rings is 1. The molecule has 0 heterocycles. The van der Waals surface area contributed by atoms with Gasteiger partial charge in [-0.15, -0.1) is 0 Å². The fraction of sp³-hybridized carbons (Fsp3) is 0.529. The van der Waals surface area contributed by atoms with E-state index in [0.717, 1.165) is 36.8 Å². The molecule has 2 N–H and O–H groups in total. The number of ether oxygens (including phenoxy) is 1. The largest absolute Gasteiger partial charge is 0.483 e. The maximum absolute atomic E-state index is 11.7. The molecule has 2 rings (SSSR count). The van der Waals surface area contributed by atoms with Crippen molar-refractivity contribution in [2.24, 2.45) is 0 Å². The Morgan fingerprint density at radius 2 is 1.91 bits per heavy atom. The first-order chi connectivity index (χ1) is 10.5. The number of rotatable bonds is 4. The molecule has 1 aliphatic carbocycles. The maximum Gasteiger partial charge on any atom is 0.321 e. The van der Waals surface area contributed by atoms with Crippen LogP contribution in [0.2, 0.25) is 0 Å². The minimum Gasteiger partial charge on any atom is -0.483 e. The van der Waals surface area contributed by atoms with Crippen molar-refractivity contribution in [3.8, 4) is 5.75 Å². The number of carbonyl (C=O) groups is 2. The van der Waals surface area contributed by atoms with E-state index >= 15 is 0 Å². The molecule has 0 aliphatic heterocycles. The third kappa shape index (κ3) is 5.06. The topological polar surface area (TPSA) is 67.4 Å². The fourth-order valence-corrected chi connectivity index (χ4v) is 2.74. The first-order valence-corrected chi connectivity index (χ1v) is 7.85. The lowest BCUT2D eigenvalue weighted by Crippen LogP contribution is -2.46. The van der Waals surface area contributed by atoms with Gasteiger partial charge in [-0.05, 0) is 38.3 Å². The normalized spacial score (nSPS) is 15.2. The molecule has 1 fully saturated rings. The lowest BCUT2D eigenvalue weighted by Gasteiger charge is -2.22. The Hall–Kier alpha value is -2.04. The highest BCUT2D eigenvalue weighted by molar-refractivity contribution is 5.95. The summed E-state index contributed by atoms with van der Waals surface area (Å²) in [5, 5.41) is 5.15. The Morgan fingerprint density at radius 3 is 2.59 bits per heavy atom. The Balaban J connectivity index is 1.73. The van der Waals surface area contributed by atoms with Crippen LogP contribution in [0.5, 0.6) is 5.75 Å². The quantitative estimate of drug-likeness (QED) is 0.899. The van der Waals surface area contributed by atoms with Crippen LogP contribution in [-0.2, 0) is 4.79 Å². The van der Waals surface area contributed by atoms with Crippen LogP contribution < -0.4 is 15.4 Å². The SMILES string of the molecule is Cc1ccc(OCC(=O)NC(=O)NC2CCCCC2)c(C)c1. The van der Waals surface area contributed by atoms with Crippen LogP contribution in [0.3, 0.4) is 0 Å². The van der Waals surface area contributed by atoms with Crippen molar-refractivity contribution in [2.45, 2.75) is 52.0 Å². The van der Waals surface area contributed by atoms with Gasteiger partial charge < -0.3 is 10.1 Å². The van der Waals surface area contributed by atoms with Crippen molar-refractivity contribution in [3.05, 3.63) is 29.3 Å². The van der Waals surface area contributed by atoms with Crippen LogP contribution in [0.1, 0.15) is 43.2 Å². The summed E-state index contributed by atoms with van der Waals surface area (Å²) in [5.74, 6) is 0.224. The second kappa shape index (κ2) is 7.82. The number of amides is 3. The molecule has 0 spiro atoms. The minimum atomic E-state index is -0.437. The number of urea groups is 1. The van der Waals surface area contributed by atoms with Gasteiger partial charge in [0.15, 0.2) is 6.61 Å². The molecule has 0 unspecified atom stereocenters. The Labute approximate surface area is 131 Å². The number of imide groups is 1. The van der Waals surface area contributed by atoms with Crippen LogP contribution >= 0.6 is 0 Å². The maximum atomic E-state index is 11.7. The first-order valence-electron chi connectivity index (χ1n) is 7.85. The molecule has 1 aliphatic rings. The molecule has 22 heavy (non-hydrogen) atoms. The lowest BCUT2D eigenvalue weighted by molar-refractivity contribution is -0.122. The molecule has 0 saturated heterocycles. The second-order valence-corrected chi connectivity index (χ2v) is 5.91. The summed E-state index contributed by atoms with van der Waals surface area (Å²) in [6, 6.07) is 5.50. The van der Waals surface area contributed by atoms with Crippen molar-refractivity contribution in [1.82, 2.24) is 10.6 Å². The van der Waals surface area contributed by atoms with E-state index in [2.05, 4.69) is 10.6 Å². The number of carbonyl (C=O) groups excluding carboxylic acids is 2. The number of hydrogen-bond acceptors (Lipinski definition) is 3. The van der Waals surface area contributed by atoms with Gasteiger partial charge in [-0.3, -0.25) is 10.1 Å². The standard InChI is InChI=1S/C17H24N2O3/c1-12-8-9-15(13(2)10-12)22-11-16(20)19-17(21)18-14-6-4-3-5-7-14/h8-10,14H,3-7,11H2,1-2H3,(H2,18,19,20,21). The van der Waals surface area contributed by atoms with Gasteiger partial charge in [-0.1, -0.05) is 37.0 Å². The summed E-state index contributed by atoms with van der Waals surface area (Å²) in [7, 11) is 0. The summed E-state index contributed by atoms with van der Waals surface area (Å²) >= 11 is 0. The number of hydrogen-bond donors (Lipinski definition) is 2. The summed E-state index contributed by atoms with van der Waals surface area (Å²) < 4.78 is 5.45. The first kappa shape index (κ1) is 16.3. The highest BCUT2D eigenvalue weighted by Gasteiger charge is 2.17. The van der Waals surface area contributed by atoms with Gasteiger partial charge in [0.2, 0.25) is 0 Å². The van der Waals surface area contributed by atoms with Crippen LogP contribution in [0.4, 0.5) is 4.79 Å². The highest BCUT2D eigenvalue weighted by atomic mass is 16.5. The molecule has 1 aromatic carbocycles. The van der Waals surface area contributed by atoms with E-state index in [-0.39, 0.29) is 12.6 Å². The Morgan fingerprint density at radius 1 is 1.18 bits per heavy atom. The predicted molar refractivity (Wildman–Crippen MR) is 85.0 cm³/mol. The average molecular weight is 304 g/mol. The van der Waals surface area contributed by atoms with E-state index in [0.29, 0.717) is 5.75 Å². The molecule has 120 valence electrons. The zero-order valence-corrected chi connectivity index (χ0v) is 13.3. The second-order valence-electron chi connectivity index (χ2n) is 5.91. The molecular formula is C17H24N2O3. The van der Waals surface area contributed by atoms with Crippen molar-refractivity contribution < 1.29 is 14.3 Å². The van der Waals surface area contributed by atoms with Crippen molar-refractivity contribution in [3.63, 3.8) is 0 Å². The molecule has 0 radical (unpaired) electrons. The molecular weight excluding hydrogens is 280 g/mol. The van der Waals surface area contributed by atoms with E-state index in [9.17, 15) is 9.59 Å². The third-order valence-electron chi connectivity index (χ3n) is 3.88. The van der Waals surface area contributed by atoms with Gasteiger partial charge in [0.25, 0.3) is 5.91 Å². The molecule has 0 atom stereocenters. The van der Waals surface area contributed by atoms with Crippen molar-refractivity contribution in [1.29, 1.82) is 0 Å². The number of nitrogens with one attached hydrogen (secondary N) is 2. The average Bonchev–Trinajstić information content (AvgIpc) is 2.47. The zero-order valence-electron chi connectivity index (χ0n) is 13.3. The van der Waals surface area contributed by atoms with E-state index in [1.54, 1.807) is 0 Å². The van der Waals surface area contributed by atoms with Gasteiger partial charge >= 0.3 is 6.03 Å². The summed E-state index contributed by atoms with van der Waals surface area (Å²) in [4.78, 5) is 23.5. The molecule has 5 nitrogen and oxygen atoms in total. The van der Waals surface area contributed by atoms with E-state index in [1.165, 1.54) is 6.42 Å². The zero-order chi connectivity index (χ0) is 15.9. The molecule has 3 amide bonds. The van der Waals surface area contributed by atoms with Crippen molar-refractivity contribution in [2.75, 3.05) is 6.61 Å². The molecule has 5 heteroatoms. The van der Waals surface area contributed by atoms with Crippen molar-refractivity contribution >= 4 is 11.9 Å². The third-order valence-corrected chi connectivity index (χ3v) is 3.88. The van der Waals surface area contributed by atoms with E-state index < -0.39 is 11.9 Å². The van der Waals surface area contributed by atoms with E-state index in [1.807, 2.05) is 32.0 Å². The molecule has 0 aromatic heterocycles. The summed E-state index contributed by atoms with van der Waals surface area (Å²) in [6.07, 6.45) is 5.47. The van der Waals surface area contributed by atoms with Gasteiger partial charge in [-0.2, -0.15) is 0 Å². The molecule has 1 aromatic rings. The smallest absolute Gasteiger partial charge is 0.321 e. The van der Waals surface area contributed by atoms with Crippen LogP contribution in [0.15, 0.2) is 18.2 Å². The van der Waals surface area contributed by atoms with Gasteiger partial charge in [0.1, 0.15) is 5.75 Å². The Kier molecular flexibility index (Phi) is 5.81. The van der Waals surface area contributed by atoms with Crippen LogP contribution in [-0.4, -0.2) is 24.6 Å². The highest BCUT2D eigenvalue weighted by Crippen LogP contribution is 2.18.